The first-order chi connectivity index (χ1) is 12.2. The van der Waals surface area contributed by atoms with Crippen LogP contribution in [-0.4, -0.2) is 33.2 Å². The maximum atomic E-state index is 13.3. The zero-order valence-electron chi connectivity index (χ0n) is 14.4. The monoisotopic (exact) mass is 377 g/mol. The molecule has 2 aromatic carbocycles. The molecule has 0 aromatic heterocycles. The van der Waals surface area contributed by atoms with Crippen LogP contribution in [0.5, 0.6) is 0 Å². The van der Waals surface area contributed by atoms with Crippen molar-refractivity contribution in [3.8, 4) is 0 Å². The first-order valence-corrected chi connectivity index (χ1v) is 9.33. The molecule has 7 nitrogen and oxygen atoms in total. The third-order valence-electron chi connectivity index (χ3n) is 4.11. The lowest BCUT2D eigenvalue weighted by molar-refractivity contribution is -0.150. The van der Waals surface area contributed by atoms with Crippen molar-refractivity contribution in [1.29, 1.82) is 0 Å². The Hall–Kier alpha value is -2.31. The van der Waals surface area contributed by atoms with Crippen LogP contribution < -0.4 is 0 Å². The van der Waals surface area contributed by atoms with Crippen molar-refractivity contribution < 1.29 is 28.5 Å². The standard InChI is InChI=1S/C18H20NO6P/c1-14(20)19(13-25-26(22,23)24)17(21)18(2,15-9-5-3-6-10-15)16-11-7-4-8-12-16/h3-12H,13H2,1-2H3,(H2,22,23,24). The van der Waals surface area contributed by atoms with E-state index in [-0.39, 0.29) is 0 Å². The highest BCUT2D eigenvalue weighted by atomic mass is 31.2. The Morgan fingerprint density at radius 2 is 1.42 bits per heavy atom. The third-order valence-corrected chi connectivity index (χ3v) is 4.56. The second-order valence-electron chi connectivity index (χ2n) is 5.86. The van der Waals surface area contributed by atoms with Crippen molar-refractivity contribution in [2.45, 2.75) is 19.3 Å². The molecule has 0 aliphatic carbocycles. The van der Waals surface area contributed by atoms with E-state index in [9.17, 15) is 14.2 Å². The summed E-state index contributed by atoms with van der Waals surface area (Å²) in [5.74, 6) is -1.32. The van der Waals surface area contributed by atoms with Crippen LogP contribution in [0.1, 0.15) is 25.0 Å². The number of phosphoric ester groups is 1. The van der Waals surface area contributed by atoms with Gasteiger partial charge < -0.3 is 9.79 Å². The number of rotatable bonds is 6. The number of benzene rings is 2. The fourth-order valence-corrected chi connectivity index (χ4v) is 2.92. The van der Waals surface area contributed by atoms with Gasteiger partial charge >= 0.3 is 7.82 Å². The van der Waals surface area contributed by atoms with Crippen LogP contribution in [0.3, 0.4) is 0 Å². The molecule has 0 radical (unpaired) electrons. The number of amides is 2. The average Bonchev–Trinajstić information content (AvgIpc) is 2.61. The SMILES string of the molecule is CC(=O)N(COP(=O)(O)O)C(=O)C(C)(c1ccccc1)c1ccccc1. The van der Waals surface area contributed by atoms with Gasteiger partial charge in [0.05, 0.1) is 5.41 Å². The summed E-state index contributed by atoms with van der Waals surface area (Å²) >= 11 is 0. The number of hydrogen-bond acceptors (Lipinski definition) is 4. The maximum Gasteiger partial charge on any atom is 0.471 e. The van der Waals surface area contributed by atoms with E-state index in [0.29, 0.717) is 16.0 Å². The molecular formula is C18H20NO6P. The van der Waals surface area contributed by atoms with Gasteiger partial charge in [0, 0.05) is 6.92 Å². The van der Waals surface area contributed by atoms with Crippen LogP contribution in [0.2, 0.25) is 0 Å². The van der Waals surface area contributed by atoms with Gasteiger partial charge in [0.25, 0.3) is 0 Å². The van der Waals surface area contributed by atoms with E-state index in [1.807, 2.05) is 0 Å². The average molecular weight is 377 g/mol. The van der Waals surface area contributed by atoms with Gasteiger partial charge in [-0.05, 0) is 18.1 Å². The van der Waals surface area contributed by atoms with Crippen molar-refractivity contribution in [3.05, 3.63) is 71.8 Å². The van der Waals surface area contributed by atoms with Crippen LogP contribution in [0.25, 0.3) is 0 Å². The minimum Gasteiger partial charge on any atom is -0.303 e. The Bertz CT molecular complexity index is 779. The molecule has 8 heteroatoms. The molecule has 0 fully saturated rings. The normalized spacial score (nSPS) is 11.8. The molecule has 0 saturated heterocycles. The van der Waals surface area contributed by atoms with E-state index < -0.39 is 31.8 Å². The van der Waals surface area contributed by atoms with Gasteiger partial charge in [0.2, 0.25) is 11.8 Å². The largest absolute Gasteiger partial charge is 0.471 e. The van der Waals surface area contributed by atoms with Crippen molar-refractivity contribution in [1.82, 2.24) is 4.90 Å². The van der Waals surface area contributed by atoms with E-state index in [2.05, 4.69) is 4.52 Å². The fourth-order valence-electron chi connectivity index (χ4n) is 2.65. The third kappa shape index (κ3) is 4.45. The maximum absolute atomic E-state index is 13.3. The van der Waals surface area contributed by atoms with Crippen molar-refractivity contribution in [2.75, 3.05) is 6.73 Å². The molecular weight excluding hydrogens is 357 g/mol. The lowest BCUT2D eigenvalue weighted by Crippen LogP contribution is -2.48. The highest BCUT2D eigenvalue weighted by molar-refractivity contribution is 7.46. The molecule has 0 aliphatic heterocycles. The summed E-state index contributed by atoms with van der Waals surface area (Å²) in [5.41, 5.74) is 0.0316. The molecule has 0 saturated carbocycles. The van der Waals surface area contributed by atoms with Crippen LogP contribution in [0.4, 0.5) is 0 Å². The zero-order chi connectivity index (χ0) is 19.4. The molecule has 0 unspecified atom stereocenters. The second kappa shape index (κ2) is 7.93. The molecule has 2 N–H and O–H groups in total. The molecule has 2 amide bonds. The summed E-state index contributed by atoms with van der Waals surface area (Å²) in [5, 5.41) is 0. The highest BCUT2D eigenvalue weighted by Crippen LogP contribution is 2.38. The van der Waals surface area contributed by atoms with Crippen molar-refractivity contribution in [3.63, 3.8) is 0 Å². The quantitative estimate of drug-likeness (QED) is 0.592. The Balaban J connectivity index is 2.52. The molecule has 0 atom stereocenters. The van der Waals surface area contributed by atoms with Gasteiger partial charge in [-0.15, -0.1) is 0 Å². The van der Waals surface area contributed by atoms with Crippen LogP contribution in [0.15, 0.2) is 60.7 Å². The van der Waals surface area contributed by atoms with Gasteiger partial charge in [-0.2, -0.15) is 0 Å². The number of imide groups is 1. The molecule has 0 aliphatic rings. The Labute approximate surface area is 151 Å². The lowest BCUT2D eigenvalue weighted by atomic mass is 9.75. The Morgan fingerprint density at radius 1 is 1.00 bits per heavy atom. The van der Waals surface area contributed by atoms with Gasteiger partial charge in [0.1, 0.15) is 6.73 Å². The topological polar surface area (TPSA) is 104 Å². The molecule has 0 spiro atoms. The van der Waals surface area contributed by atoms with Gasteiger partial charge in [-0.3, -0.25) is 19.0 Å². The van der Waals surface area contributed by atoms with Crippen LogP contribution in [0, 0.1) is 0 Å². The summed E-state index contributed by atoms with van der Waals surface area (Å²) in [7, 11) is -4.84. The smallest absolute Gasteiger partial charge is 0.303 e. The van der Waals surface area contributed by atoms with E-state index >= 15 is 0 Å². The van der Waals surface area contributed by atoms with Gasteiger partial charge in [-0.25, -0.2) is 4.57 Å². The fraction of sp³-hybridized carbons (Fsp3) is 0.222. The number of carbonyl (C=O) groups is 2. The minimum absolute atomic E-state index is 0.638. The van der Waals surface area contributed by atoms with E-state index in [1.165, 1.54) is 0 Å². The second-order valence-corrected chi connectivity index (χ2v) is 7.10. The highest BCUT2D eigenvalue weighted by Gasteiger charge is 2.41. The predicted molar refractivity (Wildman–Crippen MR) is 94.9 cm³/mol. The Kier molecular flexibility index (Phi) is 6.10. The first kappa shape index (κ1) is 20.0. The summed E-state index contributed by atoms with van der Waals surface area (Å²) in [4.78, 5) is 43.8. The van der Waals surface area contributed by atoms with Crippen molar-refractivity contribution in [2.24, 2.45) is 0 Å². The van der Waals surface area contributed by atoms with Crippen LogP contribution in [-0.2, 0) is 24.1 Å². The predicted octanol–water partition coefficient (Wildman–Crippen LogP) is 2.43. The molecule has 2 aromatic rings. The number of nitrogens with zero attached hydrogens (tertiary/aromatic N) is 1. The molecule has 2 rings (SSSR count). The lowest BCUT2D eigenvalue weighted by Gasteiger charge is -2.34. The summed E-state index contributed by atoms with van der Waals surface area (Å²) in [6, 6.07) is 17.7. The summed E-state index contributed by atoms with van der Waals surface area (Å²) < 4.78 is 15.4. The summed E-state index contributed by atoms with van der Waals surface area (Å²) in [6.07, 6.45) is 0. The summed E-state index contributed by atoms with van der Waals surface area (Å²) in [6.45, 7) is 1.96. The zero-order valence-corrected chi connectivity index (χ0v) is 15.3. The van der Waals surface area contributed by atoms with E-state index in [0.717, 1.165) is 6.92 Å². The van der Waals surface area contributed by atoms with Gasteiger partial charge in [0.15, 0.2) is 0 Å². The molecule has 138 valence electrons. The Morgan fingerprint density at radius 3 is 1.77 bits per heavy atom. The van der Waals surface area contributed by atoms with E-state index in [1.54, 1.807) is 67.6 Å². The van der Waals surface area contributed by atoms with E-state index in [4.69, 9.17) is 9.79 Å². The number of hydrogen-bond donors (Lipinski definition) is 2. The molecule has 0 bridgehead atoms. The number of carbonyl (C=O) groups excluding carboxylic acids is 2. The minimum atomic E-state index is -4.84. The number of phosphoric acid groups is 1. The molecule has 26 heavy (non-hydrogen) atoms. The first-order valence-electron chi connectivity index (χ1n) is 7.80. The molecule has 0 heterocycles. The van der Waals surface area contributed by atoms with Gasteiger partial charge in [-0.1, -0.05) is 60.7 Å². The van der Waals surface area contributed by atoms with Crippen molar-refractivity contribution >= 4 is 19.6 Å². The van der Waals surface area contributed by atoms with Crippen LogP contribution >= 0.6 is 7.82 Å².